The van der Waals surface area contributed by atoms with Crippen molar-refractivity contribution in [2.75, 3.05) is 7.05 Å². The van der Waals surface area contributed by atoms with E-state index in [0.717, 1.165) is 12.1 Å². The molecule has 154 valence electrons. The quantitative estimate of drug-likeness (QED) is 0.479. The molecular weight excluding hydrogens is 440 g/mol. The molecule has 0 atom stereocenters. The Kier molecular flexibility index (Phi) is 5.10. The van der Waals surface area contributed by atoms with E-state index in [1.807, 2.05) is 0 Å². The number of aromatic amines is 1. The third-order valence-corrected chi connectivity index (χ3v) is 5.76. The molecule has 4 rings (SSSR count). The van der Waals surface area contributed by atoms with Crippen LogP contribution in [-0.2, 0) is 10.0 Å². The predicted molar refractivity (Wildman–Crippen MR) is 105 cm³/mol. The molecule has 12 heteroatoms. The first-order valence-electron chi connectivity index (χ1n) is 8.36. The summed E-state index contributed by atoms with van der Waals surface area (Å²) in [6.07, 6.45) is 1.22. The van der Waals surface area contributed by atoms with E-state index in [1.165, 1.54) is 25.4 Å². The van der Waals surface area contributed by atoms with Gasteiger partial charge in [-0.05, 0) is 31.3 Å². The van der Waals surface area contributed by atoms with Crippen molar-refractivity contribution >= 4 is 32.7 Å². The summed E-state index contributed by atoms with van der Waals surface area (Å²) in [4.78, 5) is 8.02. The first kappa shape index (κ1) is 20.1. The van der Waals surface area contributed by atoms with Gasteiger partial charge in [-0.2, -0.15) is 10.1 Å². The summed E-state index contributed by atoms with van der Waals surface area (Å²) in [6.45, 7) is 0. The number of aromatic nitrogens is 4. The molecule has 0 aliphatic rings. The summed E-state index contributed by atoms with van der Waals surface area (Å²) >= 11 is 6.21. The van der Waals surface area contributed by atoms with E-state index in [1.54, 1.807) is 6.07 Å². The van der Waals surface area contributed by atoms with Gasteiger partial charge < -0.3 is 4.74 Å². The largest absolute Gasteiger partial charge is 0.436 e. The molecule has 3 aromatic heterocycles. The highest BCUT2D eigenvalue weighted by molar-refractivity contribution is 7.89. The van der Waals surface area contributed by atoms with Crippen LogP contribution in [0.2, 0.25) is 5.02 Å². The Morgan fingerprint density at radius 1 is 1.17 bits per heavy atom. The van der Waals surface area contributed by atoms with Gasteiger partial charge in [0.2, 0.25) is 5.88 Å². The number of H-pyrrole nitrogens is 1. The summed E-state index contributed by atoms with van der Waals surface area (Å²) in [7, 11) is -2.51. The van der Waals surface area contributed by atoms with Gasteiger partial charge in [-0.25, -0.2) is 26.9 Å². The smallest absolute Gasteiger partial charge is 0.257 e. The Bertz CT molecular complexity index is 1380. The summed E-state index contributed by atoms with van der Waals surface area (Å²) in [5, 5.41) is 7.33. The Hall–Kier alpha value is -3.15. The summed E-state index contributed by atoms with van der Waals surface area (Å²) in [5.41, 5.74) is 0.982. The maximum absolute atomic E-state index is 13.8. The van der Waals surface area contributed by atoms with Gasteiger partial charge in [0.25, 0.3) is 10.0 Å². The second-order valence-corrected chi connectivity index (χ2v) is 8.25. The summed E-state index contributed by atoms with van der Waals surface area (Å²) in [5.74, 6) is -1.76. The number of ether oxygens (including phenoxy) is 1. The molecule has 4 aromatic rings. The van der Waals surface area contributed by atoms with Crippen molar-refractivity contribution in [2.24, 2.45) is 0 Å². The monoisotopic (exact) mass is 451 g/mol. The Labute approximate surface area is 173 Å². The van der Waals surface area contributed by atoms with Crippen LogP contribution in [0.5, 0.6) is 11.6 Å². The zero-order valence-electron chi connectivity index (χ0n) is 15.1. The van der Waals surface area contributed by atoms with E-state index in [0.29, 0.717) is 22.7 Å². The molecule has 3 heterocycles. The SMILES string of the molecule is CNS(=O)(=O)c1cc(-c2[nH]nc3nc(Oc4ccc(F)cc4F)ccc23)c(Cl)cn1. The molecule has 30 heavy (non-hydrogen) atoms. The third kappa shape index (κ3) is 3.70. The lowest BCUT2D eigenvalue weighted by molar-refractivity contribution is 0.425. The van der Waals surface area contributed by atoms with Gasteiger partial charge in [-0.3, -0.25) is 5.10 Å². The van der Waals surface area contributed by atoms with Gasteiger partial charge >= 0.3 is 0 Å². The zero-order valence-corrected chi connectivity index (χ0v) is 16.7. The number of fused-ring (bicyclic) bond motifs is 1. The van der Waals surface area contributed by atoms with Gasteiger partial charge in [0.05, 0.1) is 10.7 Å². The average molecular weight is 452 g/mol. The Morgan fingerprint density at radius 3 is 2.70 bits per heavy atom. The standard InChI is InChI=1S/C18H12ClF2N5O3S/c1-22-30(27,28)16-7-11(12(19)8-23-16)17-10-3-5-15(24-18(10)26-25-17)29-14-4-2-9(20)6-13(14)21/h2-8,22H,1H3,(H,24,25,26). The van der Waals surface area contributed by atoms with Crippen molar-refractivity contribution < 1.29 is 21.9 Å². The van der Waals surface area contributed by atoms with Crippen molar-refractivity contribution in [3.63, 3.8) is 0 Å². The number of sulfonamides is 1. The molecule has 0 saturated heterocycles. The van der Waals surface area contributed by atoms with Crippen molar-refractivity contribution in [3.05, 3.63) is 59.3 Å². The molecule has 0 bridgehead atoms. The minimum Gasteiger partial charge on any atom is -0.436 e. The minimum absolute atomic E-state index is 0.0327. The van der Waals surface area contributed by atoms with E-state index >= 15 is 0 Å². The van der Waals surface area contributed by atoms with Crippen LogP contribution in [0.4, 0.5) is 8.78 Å². The van der Waals surface area contributed by atoms with Crippen LogP contribution in [0.1, 0.15) is 0 Å². The van der Waals surface area contributed by atoms with Crippen molar-refractivity contribution in [1.82, 2.24) is 24.9 Å². The molecule has 0 aliphatic heterocycles. The molecule has 0 aliphatic carbocycles. The van der Waals surface area contributed by atoms with Crippen molar-refractivity contribution in [1.29, 1.82) is 0 Å². The van der Waals surface area contributed by atoms with E-state index < -0.39 is 21.7 Å². The van der Waals surface area contributed by atoms with E-state index in [-0.39, 0.29) is 27.3 Å². The highest BCUT2D eigenvalue weighted by Crippen LogP contribution is 2.33. The van der Waals surface area contributed by atoms with Crippen LogP contribution in [0.25, 0.3) is 22.3 Å². The lowest BCUT2D eigenvalue weighted by atomic mass is 10.1. The van der Waals surface area contributed by atoms with Crippen LogP contribution in [0, 0.1) is 11.6 Å². The number of hydrogen-bond acceptors (Lipinski definition) is 6. The first-order chi connectivity index (χ1) is 14.3. The third-order valence-electron chi connectivity index (χ3n) is 4.14. The van der Waals surface area contributed by atoms with Crippen molar-refractivity contribution in [2.45, 2.75) is 5.03 Å². The second-order valence-electron chi connectivity index (χ2n) is 6.01. The molecule has 2 N–H and O–H groups in total. The maximum atomic E-state index is 13.8. The zero-order chi connectivity index (χ0) is 21.5. The number of hydrogen-bond donors (Lipinski definition) is 2. The van der Waals surface area contributed by atoms with Gasteiger partial charge in [-0.15, -0.1) is 0 Å². The number of nitrogens with one attached hydrogen (secondary N) is 2. The van der Waals surface area contributed by atoms with Crippen molar-refractivity contribution in [3.8, 4) is 22.9 Å². The molecule has 0 fully saturated rings. The lowest BCUT2D eigenvalue weighted by Gasteiger charge is -2.07. The topological polar surface area (TPSA) is 110 Å². The van der Waals surface area contributed by atoms with E-state index in [9.17, 15) is 17.2 Å². The highest BCUT2D eigenvalue weighted by atomic mass is 35.5. The van der Waals surface area contributed by atoms with Gasteiger partial charge in [0.1, 0.15) is 5.82 Å². The number of halogens is 3. The van der Waals surface area contributed by atoms with Crippen LogP contribution < -0.4 is 9.46 Å². The van der Waals surface area contributed by atoms with E-state index in [2.05, 4.69) is 24.9 Å². The Balaban J connectivity index is 1.74. The Morgan fingerprint density at radius 2 is 1.97 bits per heavy atom. The molecule has 0 saturated carbocycles. The minimum atomic E-state index is -3.78. The normalized spacial score (nSPS) is 11.7. The fraction of sp³-hybridized carbons (Fsp3) is 0.0556. The van der Waals surface area contributed by atoms with Gasteiger partial charge in [-0.1, -0.05) is 11.6 Å². The molecule has 1 aromatic carbocycles. The molecule has 0 spiro atoms. The highest BCUT2D eigenvalue weighted by Gasteiger charge is 2.19. The number of pyridine rings is 2. The number of rotatable bonds is 5. The van der Waals surface area contributed by atoms with Crippen LogP contribution in [-0.4, -0.2) is 35.6 Å². The number of nitrogens with zero attached hydrogens (tertiary/aromatic N) is 3. The van der Waals surface area contributed by atoms with E-state index in [4.69, 9.17) is 16.3 Å². The molecular formula is C18H12ClF2N5O3S. The van der Waals surface area contributed by atoms with Crippen LogP contribution >= 0.6 is 11.6 Å². The van der Waals surface area contributed by atoms with Gasteiger partial charge in [0, 0.05) is 29.3 Å². The van der Waals surface area contributed by atoms with Crippen LogP contribution in [0.3, 0.4) is 0 Å². The van der Waals surface area contributed by atoms with Crippen LogP contribution in [0.15, 0.2) is 47.6 Å². The second kappa shape index (κ2) is 7.59. The maximum Gasteiger partial charge on any atom is 0.257 e. The summed E-state index contributed by atoms with van der Waals surface area (Å²) < 4.78 is 58.4. The summed E-state index contributed by atoms with van der Waals surface area (Å²) in [6, 6.07) is 7.27. The molecule has 0 amide bonds. The fourth-order valence-electron chi connectivity index (χ4n) is 2.68. The molecule has 0 unspecified atom stereocenters. The average Bonchev–Trinajstić information content (AvgIpc) is 3.13. The number of benzene rings is 1. The molecule has 0 radical (unpaired) electrons. The predicted octanol–water partition coefficient (Wildman–Crippen LogP) is 3.65. The van der Waals surface area contributed by atoms with Gasteiger partial charge in [0.15, 0.2) is 22.2 Å². The lowest BCUT2D eigenvalue weighted by Crippen LogP contribution is -2.19. The molecule has 8 nitrogen and oxygen atoms in total. The first-order valence-corrected chi connectivity index (χ1v) is 10.2. The fourth-order valence-corrected chi connectivity index (χ4v) is 3.55.